The molecule has 0 unspecified atom stereocenters. The Kier molecular flexibility index (Phi) is 3.92. The van der Waals surface area contributed by atoms with Crippen LogP contribution in [0.2, 0.25) is 5.02 Å². The molecule has 0 saturated heterocycles. The summed E-state index contributed by atoms with van der Waals surface area (Å²) in [5.74, 6) is 1.84. The largest absolute Gasteiger partial charge is 0.496 e. The van der Waals surface area contributed by atoms with Gasteiger partial charge in [-0.05, 0) is 55.7 Å². The first-order chi connectivity index (χ1) is 12.1. The normalized spacial score (nSPS) is 12.8. The van der Waals surface area contributed by atoms with Crippen LogP contribution >= 0.6 is 11.6 Å². The fourth-order valence-electron chi connectivity index (χ4n) is 3.40. The number of aryl methyl sites for hydroxylation is 1. The Morgan fingerprint density at radius 1 is 1.20 bits per heavy atom. The fourth-order valence-corrected chi connectivity index (χ4v) is 3.57. The third kappa shape index (κ3) is 2.57. The molecule has 1 N–H and O–H groups in total. The van der Waals surface area contributed by atoms with Crippen LogP contribution in [0.4, 0.5) is 5.82 Å². The van der Waals surface area contributed by atoms with Gasteiger partial charge in [0, 0.05) is 22.7 Å². The Balaban J connectivity index is 1.96. The summed E-state index contributed by atoms with van der Waals surface area (Å²) in [4.78, 5) is 0. The van der Waals surface area contributed by atoms with Crippen LogP contribution in [0, 0.1) is 13.8 Å². The van der Waals surface area contributed by atoms with Crippen molar-refractivity contribution in [2.45, 2.75) is 20.3 Å². The van der Waals surface area contributed by atoms with Gasteiger partial charge in [-0.2, -0.15) is 5.10 Å². The molecule has 2 heterocycles. The third-order valence-electron chi connectivity index (χ3n) is 4.87. The Morgan fingerprint density at radius 3 is 2.84 bits per heavy atom. The van der Waals surface area contributed by atoms with E-state index in [1.807, 2.05) is 22.9 Å². The van der Waals surface area contributed by atoms with E-state index in [9.17, 15) is 0 Å². The Bertz CT molecular complexity index is 962. The van der Waals surface area contributed by atoms with Gasteiger partial charge >= 0.3 is 0 Å². The molecule has 0 atom stereocenters. The molecule has 0 bridgehead atoms. The summed E-state index contributed by atoms with van der Waals surface area (Å²) >= 11 is 6.24. The average molecular weight is 354 g/mol. The molecule has 0 radical (unpaired) electrons. The minimum absolute atomic E-state index is 0.678. The molecule has 0 aliphatic carbocycles. The fraction of sp³-hybridized carbons (Fsp3) is 0.250. The maximum atomic E-state index is 6.24. The Labute approximate surface area is 152 Å². The number of benzene rings is 2. The number of ether oxygens (including phenoxy) is 1. The molecule has 2 aromatic carbocycles. The van der Waals surface area contributed by atoms with E-state index in [2.05, 4.69) is 37.4 Å². The van der Waals surface area contributed by atoms with Gasteiger partial charge in [-0.25, -0.2) is 4.68 Å². The third-order valence-corrected chi connectivity index (χ3v) is 5.11. The highest BCUT2D eigenvalue weighted by Gasteiger charge is 2.26. The van der Waals surface area contributed by atoms with E-state index in [0.717, 1.165) is 41.5 Å². The first-order valence-corrected chi connectivity index (χ1v) is 8.74. The van der Waals surface area contributed by atoms with E-state index in [1.54, 1.807) is 7.11 Å². The van der Waals surface area contributed by atoms with E-state index < -0.39 is 0 Å². The molecule has 0 fully saturated rings. The zero-order chi connectivity index (χ0) is 17.6. The van der Waals surface area contributed by atoms with Crippen molar-refractivity contribution >= 4 is 17.4 Å². The number of aromatic nitrogens is 2. The molecule has 1 aliphatic rings. The first kappa shape index (κ1) is 16.0. The smallest absolute Gasteiger partial charge is 0.133 e. The molecule has 1 aromatic heterocycles. The van der Waals surface area contributed by atoms with Crippen molar-refractivity contribution in [3.63, 3.8) is 0 Å². The minimum atomic E-state index is 0.678. The zero-order valence-corrected chi connectivity index (χ0v) is 15.3. The molecule has 0 saturated carbocycles. The van der Waals surface area contributed by atoms with Gasteiger partial charge in [-0.15, -0.1) is 0 Å². The summed E-state index contributed by atoms with van der Waals surface area (Å²) in [6.45, 7) is 5.16. The van der Waals surface area contributed by atoms with E-state index in [4.69, 9.17) is 21.4 Å². The molecule has 25 heavy (non-hydrogen) atoms. The van der Waals surface area contributed by atoms with Crippen LogP contribution in [0.15, 0.2) is 36.4 Å². The molecule has 5 heteroatoms. The van der Waals surface area contributed by atoms with Crippen molar-refractivity contribution in [2.24, 2.45) is 0 Å². The minimum Gasteiger partial charge on any atom is -0.496 e. The van der Waals surface area contributed by atoms with Crippen LogP contribution in [0.3, 0.4) is 0 Å². The number of rotatable bonds is 3. The lowest BCUT2D eigenvalue weighted by molar-refractivity contribution is 0.416. The SMILES string of the molecule is COc1ccc(Cl)cc1-c1nn(-c2cccc(C)c2C)c2c1CCN2. The number of halogens is 1. The molecule has 0 amide bonds. The van der Waals surface area contributed by atoms with E-state index in [0.29, 0.717) is 5.02 Å². The molecule has 4 rings (SSSR count). The van der Waals surface area contributed by atoms with Gasteiger partial charge in [0.05, 0.1) is 12.8 Å². The number of nitrogens with zero attached hydrogens (tertiary/aromatic N) is 2. The first-order valence-electron chi connectivity index (χ1n) is 8.36. The van der Waals surface area contributed by atoms with Crippen molar-refractivity contribution in [2.75, 3.05) is 19.0 Å². The van der Waals surface area contributed by atoms with Crippen LogP contribution in [0.1, 0.15) is 16.7 Å². The second-order valence-electron chi connectivity index (χ2n) is 6.33. The molecular formula is C20H20ClN3O. The van der Waals surface area contributed by atoms with Gasteiger partial charge in [-0.3, -0.25) is 0 Å². The number of fused-ring (bicyclic) bond motifs is 1. The number of anilines is 1. The van der Waals surface area contributed by atoms with Crippen LogP contribution in [-0.4, -0.2) is 23.4 Å². The van der Waals surface area contributed by atoms with E-state index in [-0.39, 0.29) is 0 Å². The van der Waals surface area contributed by atoms with Crippen molar-refractivity contribution in [1.82, 2.24) is 9.78 Å². The Hall–Kier alpha value is -2.46. The van der Waals surface area contributed by atoms with Crippen molar-refractivity contribution in [3.8, 4) is 22.7 Å². The van der Waals surface area contributed by atoms with Crippen molar-refractivity contribution < 1.29 is 4.74 Å². The number of methoxy groups -OCH3 is 1. The molecule has 0 spiro atoms. The van der Waals surface area contributed by atoms with Crippen LogP contribution in [-0.2, 0) is 6.42 Å². The molecule has 3 aromatic rings. The molecule has 1 aliphatic heterocycles. The maximum Gasteiger partial charge on any atom is 0.133 e. The molecular weight excluding hydrogens is 334 g/mol. The van der Waals surface area contributed by atoms with Crippen LogP contribution in [0.25, 0.3) is 16.9 Å². The summed E-state index contributed by atoms with van der Waals surface area (Å²) in [6, 6.07) is 12.0. The predicted molar refractivity (Wildman–Crippen MR) is 102 cm³/mol. The van der Waals surface area contributed by atoms with Crippen LogP contribution < -0.4 is 10.1 Å². The molecule has 4 nitrogen and oxygen atoms in total. The monoisotopic (exact) mass is 353 g/mol. The quantitative estimate of drug-likeness (QED) is 0.736. The van der Waals surface area contributed by atoms with Gasteiger partial charge in [0.2, 0.25) is 0 Å². The Morgan fingerprint density at radius 2 is 2.04 bits per heavy atom. The summed E-state index contributed by atoms with van der Waals surface area (Å²) in [5, 5.41) is 9.10. The van der Waals surface area contributed by atoms with E-state index >= 15 is 0 Å². The predicted octanol–water partition coefficient (Wildman–Crippen LogP) is 4.79. The van der Waals surface area contributed by atoms with Gasteiger partial charge in [0.15, 0.2) is 0 Å². The number of hydrogen-bond donors (Lipinski definition) is 1. The summed E-state index contributed by atoms with van der Waals surface area (Å²) in [7, 11) is 1.67. The van der Waals surface area contributed by atoms with Crippen molar-refractivity contribution in [3.05, 3.63) is 58.1 Å². The lowest BCUT2D eigenvalue weighted by atomic mass is 10.1. The summed E-state index contributed by atoms with van der Waals surface area (Å²) in [5.41, 5.74) is 6.64. The maximum absolute atomic E-state index is 6.24. The highest BCUT2D eigenvalue weighted by atomic mass is 35.5. The lowest BCUT2D eigenvalue weighted by Gasteiger charge is -2.11. The van der Waals surface area contributed by atoms with E-state index in [1.165, 1.54) is 16.7 Å². The van der Waals surface area contributed by atoms with Gasteiger partial charge in [0.1, 0.15) is 17.3 Å². The van der Waals surface area contributed by atoms with Crippen LogP contribution in [0.5, 0.6) is 5.75 Å². The highest BCUT2D eigenvalue weighted by molar-refractivity contribution is 6.31. The average Bonchev–Trinajstić information content (AvgIpc) is 3.20. The standard InChI is InChI=1S/C20H20ClN3O/c1-12-5-4-6-17(13(12)2)24-20-15(9-10-22-20)19(23-24)16-11-14(21)7-8-18(16)25-3/h4-8,11,22H,9-10H2,1-3H3. The number of nitrogens with one attached hydrogen (secondary N) is 1. The number of hydrogen-bond acceptors (Lipinski definition) is 3. The van der Waals surface area contributed by atoms with Gasteiger partial charge in [0.25, 0.3) is 0 Å². The summed E-state index contributed by atoms with van der Waals surface area (Å²) in [6.07, 6.45) is 0.936. The zero-order valence-electron chi connectivity index (χ0n) is 14.6. The second kappa shape index (κ2) is 6.12. The van der Waals surface area contributed by atoms with Gasteiger partial charge < -0.3 is 10.1 Å². The van der Waals surface area contributed by atoms with Crippen molar-refractivity contribution in [1.29, 1.82) is 0 Å². The molecule has 128 valence electrons. The topological polar surface area (TPSA) is 39.1 Å². The van der Waals surface area contributed by atoms with Gasteiger partial charge in [-0.1, -0.05) is 23.7 Å². The second-order valence-corrected chi connectivity index (χ2v) is 6.76. The lowest BCUT2D eigenvalue weighted by Crippen LogP contribution is -2.06. The summed E-state index contributed by atoms with van der Waals surface area (Å²) < 4.78 is 7.56. The highest BCUT2D eigenvalue weighted by Crippen LogP contribution is 2.40.